The first-order valence-corrected chi connectivity index (χ1v) is 18.3. The van der Waals surface area contributed by atoms with Gasteiger partial charge in [-0.15, -0.1) is 0 Å². The highest BCUT2D eigenvalue weighted by Crippen LogP contribution is 2.38. The SMILES string of the molecule is COc1cc(-c2cn(C)c(=O)c(C)c2C)cc(Cl)c1C(=O)N1CCC(C2CCN(c3ccc(NC4CCC(=O)NC4=O)cn3)CC2)CC1.O=C(O)C(F)(F)F. The molecule has 0 bridgehead atoms. The fourth-order valence-corrected chi connectivity index (χ4v) is 7.69. The fraction of sp³-hybridized carbons (Fsp3) is 0.474. The molecule has 0 saturated carbocycles. The largest absolute Gasteiger partial charge is 0.496 e. The first-order valence-electron chi connectivity index (χ1n) is 17.9. The van der Waals surface area contributed by atoms with E-state index in [4.69, 9.17) is 26.2 Å². The van der Waals surface area contributed by atoms with Gasteiger partial charge in [-0.1, -0.05) is 11.6 Å². The number of carboxylic acid groups (broad SMARTS) is 1. The summed E-state index contributed by atoms with van der Waals surface area (Å²) in [6.45, 7) is 6.92. The van der Waals surface area contributed by atoms with Crippen LogP contribution in [0, 0.1) is 25.7 Å². The molecular formula is C38H44ClF3N6O7. The zero-order chi connectivity index (χ0) is 40.2. The number of amides is 3. The number of pyridine rings is 2. The van der Waals surface area contributed by atoms with Crippen LogP contribution in [0.25, 0.3) is 11.1 Å². The lowest BCUT2D eigenvalue weighted by atomic mass is 9.78. The number of methoxy groups -OCH3 is 1. The van der Waals surface area contributed by atoms with E-state index in [2.05, 4.69) is 20.5 Å². The van der Waals surface area contributed by atoms with Crippen LogP contribution < -0.4 is 25.8 Å². The summed E-state index contributed by atoms with van der Waals surface area (Å²) in [5.41, 5.74) is 4.30. The summed E-state index contributed by atoms with van der Waals surface area (Å²) in [5, 5.41) is 13.0. The molecule has 1 unspecified atom stereocenters. The molecule has 2 aromatic heterocycles. The van der Waals surface area contributed by atoms with Crippen LogP contribution in [0.2, 0.25) is 5.02 Å². The number of aromatic nitrogens is 2. The Morgan fingerprint density at radius 2 is 1.60 bits per heavy atom. The molecule has 5 heterocycles. The van der Waals surface area contributed by atoms with E-state index in [0.29, 0.717) is 59.7 Å². The molecule has 3 amide bonds. The first kappa shape index (κ1) is 41.1. The zero-order valence-electron chi connectivity index (χ0n) is 31.0. The van der Waals surface area contributed by atoms with Gasteiger partial charge in [0.15, 0.2) is 0 Å². The van der Waals surface area contributed by atoms with Gasteiger partial charge in [-0.05, 0) is 93.2 Å². The standard InChI is InChI=1S/C36H43ClN6O5.C2HF3O2/c1-21-22(2)35(46)41(3)20-27(21)25-17-28(37)33(30(18-25)48-4)36(47)43-15-11-24(12-16-43)23-9-13-42(14-10-23)31-7-5-26(19-38-31)39-29-6-8-32(44)40-34(29)45;3-2(4,5)1(6)7/h5,7,17-20,23-24,29,39H,6,8-16H2,1-4H3,(H,40,44,45);(H,6,7). The molecule has 3 aromatic rings. The molecule has 1 atom stereocenters. The number of hydrogen-bond donors (Lipinski definition) is 3. The van der Waals surface area contributed by atoms with Crippen molar-refractivity contribution < 1.29 is 42.2 Å². The predicted molar refractivity (Wildman–Crippen MR) is 199 cm³/mol. The van der Waals surface area contributed by atoms with Gasteiger partial charge >= 0.3 is 12.1 Å². The molecule has 3 N–H and O–H groups in total. The third kappa shape index (κ3) is 9.58. The van der Waals surface area contributed by atoms with Crippen LogP contribution in [0.3, 0.4) is 0 Å². The van der Waals surface area contributed by atoms with Gasteiger partial charge in [0.25, 0.3) is 11.5 Å². The summed E-state index contributed by atoms with van der Waals surface area (Å²) in [5.74, 6) is -0.907. The van der Waals surface area contributed by atoms with E-state index in [0.717, 1.165) is 67.0 Å². The van der Waals surface area contributed by atoms with Crippen LogP contribution in [0.1, 0.15) is 60.0 Å². The minimum Gasteiger partial charge on any atom is -0.496 e. The second kappa shape index (κ2) is 17.1. The molecule has 55 heavy (non-hydrogen) atoms. The van der Waals surface area contributed by atoms with Gasteiger partial charge in [-0.2, -0.15) is 13.2 Å². The van der Waals surface area contributed by atoms with E-state index in [-0.39, 0.29) is 23.3 Å². The van der Waals surface area contributed by atoms with Crippen LogP contribution in [-0.4, -0.2) is 88.8 Å². The Morgan fingerprint density at radius 3 is 2.15 bits per heavy atom. The van der Waals surface area contributed by atoms with E-state index in [1.54, 1.807) is 37.2 Å². The molecule has 6 rings (SSSR count). The Labute approximate surface area is 320 Å². The van der Waals surface area contributed by atoms with Crippen LogP contribution in [0.15, 0.2) is 41.5 Å². The quantitative estimate of drug-likeness (QED) is 0.266. The number of nitrogens with one attached hydrogen (secondary N) is 2. The van der Waals surface area contributed by atoms with Crippen molar-refractivity contribution in [3.63, 3.8) is 0 Å². The number of benzene rings is 1. The minimum absolute atomic E-state index is 0.0417. The highest BCUT2D eigenvalue weighted by molar-refractivity contribution is 6.34. The third-order valence-electron chi connectivity index (χ3n) is 10.7. The van der Waals surface area contributed by atoms with Crippen molar-refractivity contribution >= 4 is 46.8 Å². The molecular weight excluding hydrogens is 745 g/mol. The Morgan fingerprint density at radius 1 is 0.982 bits per heavy atom. The number of anilines is 2. The summed E-state index contributed by atoms with van der Waals surface area (Å²) in [6, 6.07) is 7.12. The Hall–Kier alpha value is -5.12. The van der Waals surface area contributed by atoms with Crippen LogP contribution >= 0.6 is 11.6 Å². The summed E-state index contributed by atoms with van der Waals surface area (Å²) in [4.78, 5) is 67.4. The molecule has 13 nitrogen and oxygen atoms in total. The summed E-state index contributed by atoms with van der Waals surface area (Å²) in [7, 11) is 3.27. The van der Waals surface area contributed by atoms with Crippen molar-refractivity contribution in [3.8, 4) is 16.9 Å². The number of carboxylic acids is 1. The molecule has 3 fully saturated rings. The first-order chi connectivity index (χ1) is 26.0. The maximum absolute atomic E-state index is 13.8. The highest BCUT2D eigenvalue weighted by atomic mass is 35.5. The average molecular weight is 789 g/mol. The van der Waals surface area contributed by atoms with E-state index in [9.17, 15) is 32.3 Å². The normalized spacial score (nSPS) is 18.3. The maximum Gasteiger partial charge on any atom is 0.490 e. The molecule has 1 aromatic carbocycles. The summed E-state index contributed by atoms with van der Waals surface area (Å²) >= 11 is 6.78. The molecule has 0 spiro atoms. The molecule has 0 radical (unpaired) electrons. The third-order valence-corrected chi connectivity index (χ3v) is 11.0. The van der Waals surface area contributed by atoms with Crippen molar-refractivity contribution in [3.05, 3.63) is 68.7 Å². The second-order valence-corrected chi connectivity index (χ2v) is 14.5. The number of carbonyl (C=O) groups excluding carboxylic acids is 3. The lowest BCUT2D eigenvalue weighted by Crippen LogP contribution is -2.47. The lowest BCUT2D eigenvalue weighted by Gasteiger charge is -2.40. The average Bonchev–Trinajstić information content (AvgIpc) is 3.16. The molecule has 0 aliphatic carbocycles. The van der Waals surface area contributed by atoms with Crippen molar-refractivity contribution in [2.45, 2.75) is 64.6 Å². The van der Waals surface area contributed by atoms with E-state index < -0.39 is 18.2 Å². The second-order valence-electron chi connectivity index (χ2n) is 14.1. The number of carbonyl (C=O) groups is 4. The summed E-state index contributed by atoms with van der Waals surface area (Å²) < 4.78 is 39.0. The van der Waals surface area contributed by atoms with Gasteiger partial charge in [0, 0.05) is 57.0 Å². The van der Waals surface area contributed by atoms with Crippen LogP contribution in [0.5, 0.6) is 5.75 Å². The number of halogens is 4. The maximum atomic E-state index is 13.8. The van der Waals surface area contributed by atoms with Gasteiger partial charge in [-0.25, -0.2) is 9.78 Å². The number of imide groups is 1. The van der Waals surface area contributed by atoms with E-state index >= 15 is 0 Å². The molecule has 3 aliphatic rings. The van der Waals surface area contributed by atoms with Gasteiger partial charge in [0.2, 0.25) is 11.8 Å². The molecule has 3 aliphatic heterocycles. The number of nitrogens with zero attached hydrogens (tertiary/aromatic N) is 4. The van der Waals surface area contributed by atoms with Crippen LogP contribution in [-0.2, 0) is 21.4 Å². The number of piperidine rings is 3. The van der Waals surface area contributed by atoms with Crippen molar-refractivity contribution in [2.24, 2.45) is 18.9 Å². The Bertz CT molecular complexity index is 1990. The number of rotatable bonds is 7. The van der Waals surface area contributed by atoms with Gasteiger partial charge < -0.3 is 29.5 Å². The Kier molecular flexibility index (Phi) is 12.8. The lowest BCUT2D eigenvalue weighted by molar-refractivity contribution is -0.192. The fourth-order valence-electron chi connectivity index (χ4n) is 7.40. The van der Waals surface area contributed by atoms with Gasteiger partial charge in [-0.3, -0.25) is 24.5 Å². The zero-order valence-corrected chi connectivity index (χ0v) is 31.7. The van der Waals surface area contributed by atoms with Crippen molar-refractivity contribution in [1.82, 2.24) is 19.8 Å². The summed E-state index contributed by atoms with van der Waals surface area (Å²) in [6.07, 6.45) is 3.30. The molecule has 17 heteroatoms. The minimum atomic E-state index is -5.08. The van der Waals surface area contributed by atoms with Gasteiger partial charge in [0.1, 0.15) is 23.2 Å². The molecule has 3 saturated heterocycles. The number of alkyl halides is 3. The van der Waals surface area contributed by atoms with E-state index in [1.165, 1.54) is 0 Å². The number of ether oxygens (including phenoxy) is 1. The smallest absolute Gasteiger partial charge is 0.490 e. The number of likely N-dealkylation sites (tertiary alicyclic amines) is 1. The highest BCUT2D eigenvalue weighted by Gasteiger charge is 2.38. The van der Waals surface area contributed by atoms with Crippen molar-refractivity contribution in [2.75, 3.05) is 43.5 Å². The number of hydrogen-bond acceptors (Lipinski definition) is 9. The molecule has 296 valence electrons. The Balaban J connectivity index is 0.000000757. The predicted octanol–water partition coefficient (Wildman–Crippen LogP) is 5.35. The monoisotopic (exact) mass is 788 g/mol. The van der Waals surface area contributed by atoms with Crippen molar-refractivity contribution in [1.29, 1.82) is 0 Å². The number of aryl methyl sites for hydroxylation is 1. The topological polar surface area (TPSA) is 163 Å². The van der Waals surface area contributed by atoms with Gasteiger partial charge in [0.05, 0.1) is 24.0 Å². The van der Waals surface area contributed by atoms with Crippen LogP contribution in [0.4, 0.5) is 24.7 Å². The van der Waals surface area contributed by atoms with E-state index in [1.807, 2.05) is 36.9 Å². The number of aliphatic carboxylic acids is 1.